The van der Waals surface area contributed by atoms with Crippen LogP contribution in [0.2, 0.25) is 0 Å². The molecule has 258 valence electrons. The average molecular weight is 645 g/mol. The van der Waals surface area contributed by atoms with Gasteiger partial charge in [0.25, 0.3) is 0 Å². The summed E-state index contributed by atoms with van der Waals surface area (Å²) in [5.41, 5.74) is 0. The normalized spacial score (nSPS) is 12.7. The molecule has 0 aromatic carbocycles. The van der Waals surface area contributed by atoms with Gasteiger partial charge in [-0.25, -0.2) is 4.57 Å². The molecular formula is C35H65O8P. The lowest BCUT2D eigenvalue weighted by atomic mass is 10.1. The van der Waals surface area contributed by atoms with Crippen LogP contribution in [0.5, 0.6) is 0 Å². The minimum atomic E-state index is -4.75. The molecule has 0 amide bonds. The third-order valence-corrected chi connectivity index (χ3v) is 7.93. The van der Waals surface area contributed by atoms with Gasteiger partial charge in [0.2, 0.25) is 0 Å². The fraction of sp³-hybridized carbons (Fsp3) is 0.829. The van der Waals surface area contributed by atoms with Gasteiger partial charge in [0, 0.05) is 12.8 Å². The van der Waals surface area contributed by atoms with E-state index in [-0.39, 0.29) is 19.4 Å². The molecule has 9 heteroatoms. The Hall–Kier alpha value is -1.47. The second-order valence-electron chi connectivity index (χ2n) is 11.8. The predicted octanol–water partition coefficient (Wildman–Crippen LogP) is 10.1. The van der Waals surface area contributed by atoms with Crippen molar-refractivity contribution in [3.8, 4) is 0 Å². The third kappa shape index (κ3) is 33.4. The summed E-state index contributed by atoms with van der Waals surface area (Å²) in [5.74, 6) is -0.906. The fourth-order valence-electron chi connectivity index (χ4n) is 4.76. The number of phosphoric ester groups is 1. The van der Waals surface area contributed by atoms with Crippen molar-refractivity contribution in [2.24, 2.45) is 0 Å². The molecule has 0 aliphatic rings. The number of esters is 2. The maximum atomic E-state index is 12.3. The van der Waals surface area contributed by atoms with Crippen molar-refractivity contribution in [3.05, 3.63) is 24.3 Å². The second kappa shape index (κ2) is 31.5. The molecule has 0 heterocycles. The average Bonchev–Trinajstić information content (AvgIpc) is 2.98. The van der Waals surface area contributed by atoms with Crippen LogP contribution in [-0.2, 0) is 28.2 Å². The molecule has 44 heavy (non-hydrogen) atoms. The number of hydrogen-bond acceptors (Lipinski definition) is 6. The Morgan fingerprint density at radius 2 is 0.977 bits per heavy atom. The quantitative estimate of drug-likeness (QED) is 0.0321. The Morgan fingerprint density at radius 3 is 1.45 bits per heavy atom. The van der Waals surface area contributed by atoms with Crippen molar-refractivity contribution in [2.45, 2.75) is 174 Å². The van der Waals surface area contributed by atoms with Crippen LogP contribution in [0.4, 0.5) is 0 Å². The van der Waals surface area contributed by atoms with E-state index >= 15 is 0 Å². The van der Waals surface area contributed by atoms with Crippen LogP contribution in [0.15, 0.2) is 24.3 Å². The van der Waals surface area contributed by atoms with E-state index in [1.165, 1.54) is 57.8 Å². The summed E-state index contributed by atoms with van der Waals surface area (Å²) in [5, 5.41) is 0. The van der Waals surface area contributed by atoms with Crippen LogP contribution >= 0.6 is 7.82 Å². The lowest BCUT2D eigenvalue weighted by Gasteiger charge is -2.18. The topological polar surface area (TPSA) is 119 Å². The van der Waals surface area contributed by atoms with E-state index in [2.05, 4.69) is 42.7 Å². The van der Waals surface area contributed by atoms with E-state index in [9.17, 15) is 14.2 Å². The van der Waals surface area contributed by atoms with Gasteiger partial charge in [0.15, 0.2) is 6.10 Å². The minimum absolute atomic E-state index is 0.201. The fourth-order valence-corrected chi connectivity index (χ4v) is 5.12. The summed E-state index contributed by atoms with van der Waals surface area (Å²) in [6.45, 7) is 3.60. The van der Waals surface area contributed by atoms with E-state index < -0.39 is 32.5 Å². The molecule has 0 aromatic rings. The smallest absolute Gasteiger partial charge is 0.462 e. The number of unbranched alkanes of at least 4 members (excludes halogenated alkanes) is 18. The highest BCUT2D eigenvalue weighted by atomic mass is 31.2. The highest BCUT2D eigenvalue weighted by molar-refractivity contribution is 7.46. The summed E-state index contributed by atoms with van der Waals surface area (Å²) in [6.07, 6.45) is 33.3. The largest absolute Gasteiger partial charge is 0.469 e. The SMILES string of the molecule is CCCC/C=C/CCCCCCCC(=O)O[C@H](COC(=O)CCCCCCC/C=C/CCCCCCCC)COP(=O)(O)O. The first-order valence-corrected chi connectivity index (χ1v) is 19.2. The molecule has 0 rings (SSSR count). The minimum Gasteiger partial charge on any atom is -0.462 e. The van der Waals surface area contributed by atoms with Crippen molar-refractivity contribution < 1.29 is 37.9 Å². The molecule has 0 unspecified atom stereocenters. The van der Waals surface area contributed by atoms with Crippen LogP contribution < -0.4 is 0 Å². The lowest BCUT2D eigenvalue weighted by molar-refractivity contribution is -0.161. The van der Waals surface area contributed by atoms with Crippen LogP contribution in [0.25, 0.3) is 0 Å². The maximum Gasteiger partial charge on any atom is 0.469 e. The molecule has 0 aliphatic carbocycles. The van der Waals surface area contributed by atoms with Crippen LogP contribution in [0.1, 0.15) is 168 Å². The molecule has 1 atom stereocenters. The predicted molar refractivity (Wildman–Crippen MR) is 179 cm³/mol. The summed E-state index contributed by atoms with van der Waals surface area (Å²) < 4.78 is 26.2. The Morgan fingerprint density at radius 1 is 0.568 bits per heavy atom. The van der Waals surface area contributed by atoms with Gasteiger partial charge >= 0.3 is 19.8 Å². The highest BCUT2D eigenvalue weighted by Gasteiger charge is 2.22. The van der Waals surface area contributed by atoms with Gasteiger partial charge < -0.3 is 19.3 Å². The summed E-state index contributed by atoms with van der Waals surface area (Å²) in [4.78, 5) is 42.5. The Kier molecular flexibility index (Phi) is 30.5. The van der Waals surface area contributed by atoms with Gasteiger partial charge in [-0.1, -0.05) is 122 Å². The number of allylic oxidation sites excluding steroid dienone is 4. The number of rotatable bonds is 32. The molecule has 0 fully saturated rings. The summed E-state index contributed by atoms with van der Waals surface area (Å²) in [6, 6.07) is 0. The zero-order valence-electron chi connectivity index (χ0n) is 28.1. The Labute approximate surface area is 269 Å². The van der Waals surface area contributed by atoms with Gasteiger partial charge in [0.1, 0.15) is 6.61 Å². The Balaban J connectivity index is 4.00. The molecule has 8 nitrogen and oxygen atoms in total. The molecular weight excluding hydrogens is 579 g/mol. The number of phosphoric acid groups is 1. The molecule has 0 spiro atoms. The zero-order valence-corrected chi connectivity index (χ0v) is 29.0. The van der Waals surface area contributed by atoms with E-state index in [4.69, 9.17) is 19.3 Å². The van der Waals surface area contributed by atoms with Crippen molar-refractivity contribution >= 4 is 19.8 Å². The first kappa shape index (κ1) is 42.5. The molecule has 2 N–H and O–H groups in total. The first-order chi connectivity index (χ1) is 21.3. The zero-order chi connectivity index (χ0) is 32.6. The molecule has 0 aromatic heterocycles. The number of hydrogen-bond donors (Lipinski definition) is 2. The molecule has 0 bridgehead atoms. The van der Waals surface area contributed by atoms with Gasteiger partial charge in [-0.3, -0.25) is 14.1 Å². The van der Waals surface area contributed by atoms with Gasteiger partial charge in [-0.15, -0.1) is 0 Å². The van der Waals surface area contributed by atoms with E-state index in [0.29, 0.717) is 12.8 Å². The van der Waals surface area contributed by atoms with Gasteiger partial charge in [-0.2, -0.15) is 0 Å². The third-order valence-electron chi connectivity index (χ3n) is 7.44. The first-order valence-electron chi connectivity index (χ1n) is 17.6. The van der Waals surface area contributed by atoms with E-state index in [1.807, 2.05) is 0 Å². The highest BCUT2D eigenvalue weighted by Crippen LogP contribution is 2.36. The second-order valence-corrected chi connectivity index (χ2v) is 13.1. The number of carbonyl (C=O) groups is 2. The van der Waals surface area contributed by atoms with Crippen molar-refractivity contribution in [2.75, 3.05) is 13.2 Å². The maximum absolute atomic E-state index is 12.3. The molecule has 0 aliphatic heterocycles. The van der Waals surface area contributed by atoms with Crippen LogP contribution in [0.3, 0.4) is 0 Å². The van der Waals surface area contributed by atoms with Gasteiger partial charge in [0.05, 0.1) is 6.61 Å². The van der Waals surface area contributed by atoms with Crippen molar-refractivity contribution in [1.82, 2.24) is 0 Å². The van der Waals surface area contributed by atoms with Crippen molar-refractivity contribution in [1.29, 1.82) is 0 Å². The Bertz CT molecular complexity index is 777. The standard InChI is InChI=1S/C35H65O8P/c1-3-5-7-9-11-13-15-16-17-18-20-21-23-25-27-29-34(36)41-31-33(32-42-44(38,39)40)43-35(37)30-28-26-24-22-19-14-12-10-8-6-4-2/h10,12,16-17,33H,3-9,11,13-15,18-32H2,1-2H3,(H2,38,39,40)/b12-10+,17-16+/t33-/m1/s1. The summed E-state index contributed by atoms with van der Waals surface area (Å²) in [7, 11) is -4.75. The molecule has 0 saturated heterocycles. The van der Waals surface area contributed by atoms with E-state index in [1.54, 1.807) is 0 Å². The van der Waals surface area contributed by atoms with E-state index in [0.717, 1.165) is 70.6 Å². The summed E-state index contributed by atoms with van der Waals surface area (Å²) >= 11 is 0. The van der Waals surface area contributed by atoms with Crippen molar-refractivity contribution in [3.63, 3.8) is 0 Å². The van der Waals surface area contributed by atoms with Gasteiger partial charge in [-0.05, 0) is 57.8 Å². The molecule has 0 saturated carbocycles. The number of ether oxygens (including phenoxy) is 2. The van der Waals surface area contributed by atoms with Crippen LogP contribution in [-0.4, -0.2) is 41.0 Å². The monoisotopic (exact) mass is 644 g/mol. The molecule has 0 radical (unpaired) electrons. The lowest BCUT2D eigenvalue weighted by Crippen LogP contribution is -2.29. The number of carbonyl (C=O) groups excluding carboxylic acids is 2. The van der Waals surface area contributed by atoms with Crippen LogP contribution in [0, 0.1) is 0 Å².